The first kappa shape index (κ1) is 9.16. The van der Waals surface area contributed by atoms with Crippen molar-refractivity contribution in [1.82, 2.24) is 4.98 Å². The number of rotatable bonds is 2. The Kier molecular flexibility index (Phi) is 2.78. The number of nitrogens with two attached hydrogens (primary N) is 1. The number of hydrogen-bond donors (Lipinski definition) is 1. The van der Waals surface area contributed by atoms with Crippen LogP contribution in [0.4, 0.5) is 0 Å². The van der Waals surface area contributed by atoms with Crippen molar-refractivity contribution in [1.29, 1.82) is 0 Å². The summed E-state index contributed by atoms with van der Waals surface area (Å²) in [5.74, 6) is -0.104. The maximum Gasteiger partial charge on any atom is 0.178 e. The predicted octanol–water partition coefficient (Wildman–Crippen LogP) is 1.40. The second-order valence-corrected chi connectivity index (χ2v) is 2.86. The molecule has 0 amide bonds. The Morgan fingerprint density at radius 2 is 2.33 bits per heavy atom. The average Bonchev–Trinajstić information content (AvgIpc) is 2.03. The van der Waals surface area contributed by atoms with Crippen LogP contribution in [0.3, 0.4) is 0 Å². The first-order valence-corrected chi connectivity index (χ1v) is 3.88. The summed E-state index contributed by atoms with van der Waals surface area (Å²) in [6, 6.07) is 3.18. The Morgan fingerprint density at radius 1 is 1.67 bits per heavy atom. The van der Waals surface area contributed by atoms with Gasteiger partial charge in [0, 0.05) is 18.5 Å². The zero-order valence-electron chi connectivity index (χ0n) is 6.67. The van der Waals surface area contributed by atoms with E-state index in [0.29, 0.717) is 23.0 Å². The fraction of sp³-hybridized carbons (Fsp3) is 0.250. The molecule has 4 heteroatoms. The Bertz CT molecular complexity index is 312. The lowest BCUT2D eigenvalue weighted by Gasteiger charge is -2.00. The maximum atomic E-state index is 10.9. The zero-order valence-corrected chi connectivity index (χ0v) is 7.43. The van der Waals surface area contributed by atoms with Gasteiger partial charge < -0.3 is 5.73 Å². The molecule has 1 heterocycles. The molecule has 0 atom stereocenters. The van der Waals surface area contributed by atoms with Crippen LogP contribution in [-0.2, 0) is 6.54 Å². The molecular formula is C8H9ClN2O. The highest BCUT2D eigenvalue weighted by Crippen LogP contribution is 2.11. The van der Waals surface area contributed by atoms with Crippen LogP contribution < -0.4 is 5.73 Å². The topological polar surface area (TPSA) is 56.0 Å². The smallest absolute Gasteiger partial charge is 0.178 e. The molecule has 0 radical (unpaired) electrons. The molecule has 0 aliphatic heterocycles. The van der Waals surface area contributed by atoms with E-state index in [0.717, 1.165) is 0 Å². The summed E-state index contributed by atoms with van der Waals surface area (Å²) in [4.78, 5) is 14.9. The van der Waals surface area contributed by atoms with Gasteiger partial charge in [-0.2, -0.15) is 0 Å². The van der Waals surface area contributed by atoms with E-state index in [4.69, 9.17) is 17.3 Å². The lowest BCUT2D eigenvalue weighted by molar-refractivity contribution is 0.101. The second-order valence-electron chi connectivity index (χ2n) is 2.42. The molecule has 0 aromatic carbocycles. The number of nitrogens with zero attached hydrogens (tertiary/aromatic N) is 1. The summed E-state index contributed by atoms with van der Waals surface area (Å²) < 4.78 is 0. The van der Waals surface area contributed by atoms with E-state index in [1.165, 1.54) is 13.0 Å². The third kappa shape index (κ3) is 2.03. The van der Waals surface area contributed by atoms with Crippen molar-refractivity contribution in [2.24, 2.45) is 5.73 Å². The molecule has 0 fully saturated rings. The molecule has 0 unspecified atom stereocenters. The van der Waals surface area contributed by atoms with Crippen molar-refractivity contribution in [3.63, 3.8) is 0 Å². The van der Waals surface area contributed by atoms with Gasteiger partial charge in [0.1, 0.15) is 5.69 Å². The summed E-state index contributed by atoms with van der Waals surface area (Å²) in [6.07, 6.45) is 0. The van der Waals surface area contributed by atoms with E-state index in [1.54, 1.807) is 6.07 Å². The van der Waals surface area contributed by atoms with Crippen LogP contribution in [0, 0.1) is 0 Å². The van der Waals surface area contributed by atoms with Gasteiger partial charge in [-0.25, -0.2) is 4.98 Å². The first-order chi connectivity index (χ1) is 5.63. The maximum absolute atomic E-state index is 10.9. The number of aromatic nitrogens is 1. The Hall–Kier alpha value is -0.930. The van der Waals surface area contributed by atoms with Crippen molar-refractivity contribution in [3.8, 4) is 0 Å². The van der Waals surface area contributed by atoms with E-state index >= 15 is 0 Å². The van der Waals surface area contributed by atoms with Gasteiger partial charge in [0.25, 0.3) is 0 Å². The second kappa shape index (κ2) is 3.65. The van der Waals surface area contributed by atoms with Crippen LogP contribution in [0.1, 0.15) is 23.1 Å². The molecule has 1 rings (SSSR count). The number of carbonyl (C=O) groups is 1. The molecule has 64 valence electrons. The SMILES string of the molecule is CC(=O)c1cc(Cl)cc(CN)n1. The summed E-state index contributed by atoms with van der Waals surface area (Å²) >= 11 is 5.73. The number of pyridine rings is 1. The average molecular weight is 185 g/mol. The minimum Gasteiger partial charge on any atom is -0.325 e. The molecule has 2 N–H and O–H groups in total. The summed E-state index contributed by atoms with van der Waals surface area (Å²) in [6.45, 7) is 1.74. The van der Waals surface area contributed by atoms with Crippen LogP contribution in [0.5, 0.6) is 0 Å². The summed E-state index contributed by atoms with van der Waals surface area (Å²) in [5.41, 5.74) is 6.35. The molecular weight excluding hydrogens is 176 g/mol. The molecule has 1 aromatic heterocycles. The van der Waals surface area contributed by atoms with E-state index < -0.39 is 0 Å². The molecule has 0 saturated heterocycles. The molecule has 0 saturated carbocycles. The van der Waals surface area contributed by atoms with Gasteiger partial charge in [-0.1, -0.05) is 11.6 Å². The number of Topliss-reactive ketones (excluding diaryl/α,β-unsaturated/α-hetero) is 1. The van der Waals surface area contributed by atoms with Gasteiger partial charge in [0.15, 0.2) is 5.78 Å². The quantitative estimate of drug-likeness (QED) is 0.707. The van der Waals surface area contributed by atoms with E-state index in [9.17, 15) is 4.79 Å². The van der Waals surface area contributed by atoms with Gasteiger partial charge in [-0.3, -0.25) is 4.79 Å². The van der Waals surface area contributed by atoms with E-state index in [2.05, 4.69) is 4.98 Å². The highest BCUT2D eigenvalue weighted by molar-refractivity contribution is 6.30. The van der Waals surface area contributed by atoms with Crippen molar-refractivity contribution in [2.75, 3.05) is 0 Å². The molecule has 0 spiro atoms. The Labute approximate surface area is 75.6 Å². The lowest BCUT2D eigenvalue weighted by Crippen LogP contribution is -2.04. The first-order valence-electron chi connectivity index (χ1n) is 3.51. The molecule has 0 aliphatic carbocycles. The number of halogens is 1. The van der Waals surface area contributed by atoms with Gasteiger partial charge in [0.2, 0.25) is 0 Å². The van der Waals surface area contributed by atoms with Crippen LogP contribution in [-0.4, -0.2) is 10.8 Å². The highest BCUT2D eigenvalue weighted by Gasteiger charge is 2.03. The number of hydrogen-bond acceptors (Lipinski definition) is 3. The van der Waals surface area contributed by atoms with Gasteiger partial charge >= 0.3 is 0 Å². The van der Waals surface area contributed by atoms with Crippen molar-refractivity contribution >= 4 is 17.4 Å². The Balaban J connectivity index is 3.15. The molecule has 0 aliphatic rings. The van der Waals surface area contributed by atoms with Crippen LogP contribution in [0.2, 0.25) is 5.02 Å². The molecule has 12 heavy (non-hydrogen) atoms. The standard InChI is InChI=1S/C8H9ClN2O/c1-5(12)8-3-6(9)2-7(4-10)11-8/h2-3H,4,10H2,1H3. The summed E-state index contributed by atoms with van der Waals surface area (Å²) in [5, 5.41) is 0.496. The third-order valence-corrected chi connectivity index (χ3v) is 1.63. The van der Waals surface area contributed by atoms with Crippen molar-refractivity contribution in [3.05, 3.63) is 28.5 Å². The van der Waals surface area contributed by atoms with Gasteiger partial charge in [0.05, 0.1) is 5.69 Å². The fourth-order valence-corrected chi connectivity index (χ4v) is 1.06. The molecule has 0 bridgehead atoms. The monoisotopic (exact) mass is 184 g/mol. The van der Waals surface area contributed by atoms with Crippen LogP contribution >= 0.6 is 11.6 Å². The van der Waals surface area contributed by atoms with E-state index in [-0.39, 0.29) is 5.78 Å². The van der Waals surface area contributed by atoms with E-state index in [1.807, 2.05) is 0 Å². The lowest BCUT2D eigenvalue weighted by atomic mass is 10.2. The molecule has 3 nitrogen and oxygen atoms in total. The van der Waals surface area contributed by atoms with Crippen LogP contribution in [0.25, 0.3) is 0 Å². The Morgan fingerprint density at radius 3 is 2.83 bits per heavy atom. The normalized spacial score (nSPS) is 9.92. The highest BCUT2D eigenvalue weighted by atomic mass is 35.5. The van der Waals surface area contributed by atoms with Gasteiger partial charge in [-0.05, 0) is 12.1 Å². The van der Waals surface area contributed by atoms with Crippen LogP contribution in [0.15, 0.2) is 12.1 Å². The largest absolute Gasteiger partial charge is 0.325 e. The number of ketones is 1. The fourth-order valence-electron chi connectivity index (χ4n) is 0.836. The minimum absolute atomic E-state index is 0.104. The minimum atomic E-state index is -0.104. The van der Waals surface area contributed by atoms with Crippen molar-refractivity contribution < 1.29 is 4.79 Å². The van der Waals surface area contributed by atoms with Crippen molar-refractivity contribution in [2.45, 2.75) is 13.5 Å². The molecule has 1 aromatic rings. The number of carbonyl (C=O) groups excluding carboxylic acids is 1. The van der Waals surface area contributed by atoms with Gasteiger partial charge in [-0.15, -0.1) is 0 Å². The third-order valence-electron chi connectivity index (χ3n) is 1.41. The zero-order chi connectivity index (χ0) is 9.14. The predicted molar refractivity (Wildman–Crippen MR) is 47.1 cm³/mol. The summed E-state index contributed by atoms with van der Waals surface area (Å²) in [7, 11) is 0.